The third-order valence-corrected chi connectivity index (χ3v) is 5.41. The van der Waals surface area contributed by atoms with Crippen molar-refractivity contribution in [2.45, 2.75) is 24.6 Å². The number of nitrogens with one attached hydrogen (secondary N) is 3. The van der Waals surface area contributed by atoms with Crippen molar-refractivity contribution in [3.8, 4) is 5.75 Å². The zero-order chi connectivity index (χ0) is 22.2. The van der Waals surface area contributed by atoms with Gasteiger partial charge in [-0.15, -0.1) is 0 Å². The Bertz CT molecular complexity index is 1030. The van der Waals surface area contributed by atoms with Crippen molar-refractivity contribution < 1.29 is 27.5 Å². The number of carbonyl (C=O) groups excluding carboxylic acids is 2. The Labute approximate surface area is 176 Å². The zero-order valence-electron chi connectivity index (χ0n) is 16.7. The van der Waals surface area contributed by atoms with E-state index < -0.39 is 36.8 Å². The molecule has 1 atom stereocenters. The molecule has 0 aliphatic carbocycles. The highest BCUT2D eigenvalue weighted by molar-refractivity contribution is 5.95. The molecule has 0 saturated carbocycles. The van der Waals surface area contributed by atoms with Crippen LogP contribution in [0.4, 0.5) is 34.1 Å². The van der Waals surface area contributed by atoms with E-state index in [0.717, 1.165) is 11.6 Å². The van der Waals surface area contributed by atoms with Crippen molar-refractivity contribution in [1.82, 2.24) is 10.2 Å². The number of nitrogens with zero attached hydrogens (tertiary/aromatic N) is 1. The van der Waals surface area contributed by atoms with E-state index in [-0.39, 0.29) is 18.2 Å². The number of hydrogen-bond acceptors (Lipinski definition) is 3. The van der Waals surface area contributed by atoms with Crippen LogP contribution in [-0.2, 0) is 6.54 Å². The zero-order valence-corrected chi connectivity index (χ0v) is 16.7. The lowest BCUT2D eigenvalue weighted by Gasteiger charge is -2.39. The average Bonchev–Trinajstić information content (AvgIpc) is 2.75. The fourth-order valence-corrected chi connectivity index (χ4v) is 3.74. The Hall–Kier alpha value is -3.43. The molecule has 0 radical (unpaired) electrons. The van der Waals surface area contributed by atoms with Crippen LogP contribution in [0.25, 0.3) is 0 Å². The monoisotopic (exact) mass is 434 g/mol. The molecule has 0 unspecified atom stereocenters. The Kier molecular flexibility index (Phi) is 5.38. The van der Waals surface area contributed by atoms with Gasteiger partial charge >= 0.3 is 12.1 Å². The van der Waals surface area contributed by atoms with Crippen LogP contribution in [0.15, 0.2) is 36.4 Å². The molecule has 0 bridgehead atoms. The van der Waals surface area contributed by atoms with Gasteiger partial charge in [-0.3, -0.25) is 0 Å². The van der Waals surface area contributed by atoms with Gasteiger partial charge in [0.05, 0.1) is 6.04 Å². The molecule has 10 heteroatoms. The van der Waals surface area contributed by atoms with E-state index in [9.17, 15) is 22.8 Å². The second-order valence-corrected chi connectivity index (χ2v) is 7.75. The number of amides is 4. The number of benzene rings is 2. The number of fused-ring (bicyclic) bond motifs is 2. The maximum Gasteiger partial charge on any atom is 0.321 e. The second kappa shape index (κ2) is 8.01. The maximum absolute atomic E-state index is 13.8. The van der Waals surface area contributed by atoms with Crippen LogP contribution in [0.3, 0.4) is 0 Å². The SMILES string of the molecule is CN1Cc2ccc(NC(=O)N[C@@H]3CC(CF)(CF)Oc4ccc(F)cc43)cc2NC1=O. The first-order valence-corrected chi connectivity index (χ1v) is 9.65. The van der Waals surface area contributed by atoms with Gasteiger partial charge in [0.2, 0.25) is 0 Å². The van der Waals surface area contributed by atoms with Crippen LogP contribution in [0, 0.1) is 5.82 Å². The number of ether oxygens (including phenoxy) is 1. The van der Waals surface area contributed by atoms with Crippen LogP contribution in [-0.4, -0.2) is 43.0 Å². The molecule has 7 nitrogen and oxygen atoms in total. The minimum absolute atomic E-state index is 0.119. The lowest BCUT2D eigenvalue weighted by molar-refractivity contribution is -0.0106. The highest BCUT2D eigenvalue weighted by atomic mass is 19.1. The van der Waals surface area contributed by atoms with Crippen molar-refractivity contribution in [3.63, 3.8) is 0 Å². The molecule has 0 spiro atoms. The summed E-state index contributed by atoms with van der Waals surface area (Å²) in [5, 5.41) is 8.01. The van der Waals surface area contributed by atoms with Crippen LogP contribution in [0.1, 0.15) is 23.6 Å². The Morgan fingerprint density at radius 1 is 1.26 bits per heavy atom. The van der Waals surface area contributed by atoms with Crippen molar-refractivity contribution in [2.24, 2.45) is 0 Å². The Balaban J connectivity index is 1.52. The minimum Gasteiger partial charge on any atom is -0.481 e. The van der Waals surface area contributed by atoms with E-state index >= 15 is 0 Å². The van der Waals surface area contributed by atoms with Gasteiger partial charge in [0, 0.05) is 37.0 Å². The normalized spacial score (nSPS) is 18.9. The first-order chi connectivity index (χ1) is 14.8. The number of halogens is 3. The van der Waals surface area contributed by atoms with Crippen molar-refractivity contribution in [2.75, 3.05) is 31.0 Å². The molecule has 4 amide bonds. The number of rotatable bonds is 4. The summed E-state index contributed by atoms with van der Waals surface area (Å²) >= 11 is 0. The summed E-state index contributed by atoms with van der Waals surface area (Å²) in [4.78, 5) is 26.0. The molecule has 4 rings (SSSR count). The summed E-state index contributed by atoms with van der Waals surface area (Å²) in [6.45, 7) is -1.76. The molecular formula is C21H21F3N4O3. The van der Waals surface area contributed by atoms with Gasteiger partial charge < -0.3 is 25.6 Å². The van der Waals surface area contributed by atoms with Crippen molar-refractivity contribution in [3.05, 3.63) is 53.3 Å². The number of urea groups is 2. The van der Waals surface area contributed by atoms with Crippen LogP contribution in [0.2, 0.25) is 0 Å². The first kappa shape index (κ1) is 20.8. The van der Waals surface area contributed by atoms with E-state index in [2.05, 4.69) is 16.0 Å². The third kappa shape index (κ3) is 4.10. The molecule has 2 heterocycles. The maximum atomic E-state index is 13.8. The molecule has 3 N–H and O–H groups in total. The standard InChI is InChI=1S/C21H21F3N4O3/c1-28-9-12-2-4-14(7-16(12)27-20(28)30)25-19(29)26-17-8-21(10-22,11-23)31-18-5-3-13(24)6-15(17)18/h2-7,17H,8-11H2,1H3,(H,27,30)(H2,25,26,29)/t17-/m1/s1. The molecule has 2 aliphatic rings. The molecular weight excluding hydrogens is 413 g/mol. The number of hydrogen-bond donors (Lipinski definition) is 3. The topological polar surface area (TPSA) is 82.7 Å². The quantitative estimate of drug-likeness (QED) is 0.677. The summed E-state index contributed by atoms with van der Waals surface area (Å²) in [6.07, 6.45) is -0.198. The Morgan fingerprint density at radius 3 is 2.77 bits per heavy atom. The minimum atomic E-state index is -1.75. The van der Waals surface area contributed by atoms with Crippen molar-refractivity contribution in [1.29, 1.82) is 0 Å². The molecule has 2 aromatic rings. The molecule has 2 aliphatic heterocycles. The van der Waals surface area contributed by atoms with Gasteiger partial charge in [-0.05, 0) is 35.9 Å². The summed E-state index contributed by atoms with van der Waals surface area (Å²) < 4.78 is 46.4. The van der Waals surface area contributed by atoms with Gasteiger partial charge in [0.25, 0.3) is 0 Å². The predicted molar refractivity (Wildman–Crippen MR) is 108 cm³/mol. The Morgan fingerprint density at radius 2 is 2.03 bits per heavy atom. The summed E-state index contributed by atoms with van der Waals surface area (Å²) in [5.41, 5.74) is 0.430. The van der Waals surface area contributed by atoms with Crippen LogP contribution >= 0.6 is 0 Å². The van der Waals surface area contributed by atoms with Gasteiger partial charge in [0.1, 0.15) is 24.9 Å². The van der Waals surface area contributed by atoms with Crippen LogP contribution < -0.4 is 20.7 Å². The smallest absolute Gasteiger partial charge is 0.321 e. The van der Waals surface area contributed by atoms with E-state index in [1.54, 1.807) is 25.2 Å². The first-order valence-electron chi connectivity index (χ1n) is 9.65. The van der Waals surface area contributed by atoms with Crippen molar-refractivity contribution >= 4 is 23.4 Å². The van der Waals surface area contributed by atoms with Gasteiger partial charge in [0.15, 0.2) is 5.60 Å². The molecule has 2 aromatic carbocycles. The summed E-state index contributed by atoms with van der Waals surface area (Å²) in [6, 6.07) is 6.89. The van der Waals surface area contributed by atoms with Gasteiger partial charge in [-0.25, -0.2) is 22.8 Å². The number of alkyl halides is 2. The number of anilines is 2. The molecule has 31 heavy (non-hydrogen) atoms. The summed E-state index contributed by atoms with van der Waals surface area (Å²) in [7, 11) is 1.67. The van der Waals surface area contributed by atoms with Crippen LogP contribution in [0.5, 0.6) is 5.75 Å². The molecule has 0 fully saturated rings. The lowest BCUT2D eigenvalue weighted by Crippen LogP contribution is -2.49. The highest BCUT2D eigenvalue weighted by Gasteiger charge is 2.42. The fourth-order valence-electron chi connectivity index (χ4n) is 3.74. The molecule has 0 saturated heterocycles. The lowest BCUT2D eigenvalue weighted by atomic mass is 9.88. The largest absolute Gasteiger partial charge is 0.481 e. The predicted octanol–water partition coefficient (Wildman–Crippen LogP) is 4.13. The summed E-state index contributed by atoms with van der Waals surface area (Å²) in [5.74, 6) is -0.438. The van der Waals surface area contributed by atoms with E-state index in [1.807, 2.05) is 0 Å². The van der Waals surface area contributed by atoms with Gasteiger partial charge in [-0.1, -0.05) is 6.07 Å². The average molecular weight is 434 g/mol. The highest BCUT2D eigenvalue weighted by Crippen LogP contribution is 2.40. The van der Waals surface area contributed by atoms with E-state index in [4.69, 9.17) is 4.74 Å². The molecule has 164 valence electrons. The fraction of sp³-hybridized carbons (Fsp3) is 0.333. The van der Waals surface area contributed by atoms with E-state index in [0.29, 0.717) is 23.5 Å². The van der Waals surface area contributed by atoms with Gasteiger partial charge in [-0.2, -0.15) is 0 Å². The third-order valence-electron chi connectivity index (χ3n) is 5.41. The molecule has 0 aromatic heterocycles. The second-order valence-electron chi connectivity index (χ2n) is 7.75. The van der Waals surface area contributed by atoms with E-state index in [1.165, 1.54) is 17.0 Å². The number of carbonyl (C=O) groups is 2.